The summed E-state index contributed by atoms with van der Waals surface area (Å²) in [7, 11) is 1.66. The lowest BCUT2D eigenvalue weighted by Crippen LogP contribution is -2.37. The Morgan fingerprint density at radius 3 is 1.61 bits per heavy atom. The van der Waals surface area contributed by atoms with Crippen LogP contribution in [0.4, 0.5) is 0 Å². The molecular weight excluding hydrogens is 697 g/mol. The summed E-state index contributed by atoms with van der Waals surface area (Å²) in [5.74, 6) is -0.319. The van der Waals surface area contributed by atoms with Gasteiger partial charge in [-0.2, -0.15) is 0 Å². The summed E-state index contributed by atoms with van der Waals surface area (Å²) in [5.41, 5.74) is 0. The molecule has 0 aliphatic rings. The van der Waals surface area contributed by atoms with Crippen molar-refractivity contribution in [3.8, 4) is 0 Å². The SMILES string of the molecule is CC/C=C\C/C=C\C/C=C\C/C=C\CCCCCCCCCCCOCC(COP(=O)(O)OCC[N+](C)(C)C)OC(=O)CCCCCCCCCCCC. The van der Waals surface area contributed by atoms with Crippen molar-refractivity contribution in [2.24, 2.45) is 0 Å². The second-order valence-corrected chi connectivity index (χ2v) is 17.2. The van der Waals surface area contributed by atoms with Gasteiger partial charge in [-0.3, -0.25) is 13.8 Å². The summed E-state index contributed by atoms with van der Waals surface area (Å²) >= 11 is 0. The van der Waals surface area contributed by atoms with Crippen LogP contribution in [-0.2, 0) is 27.9 Å². The Morgan fingerprint density at radius 1 is 0.593 bits per heavy atom. The van der Waals surface area contributed by atoms with Crippen LogP contribution < -0.4 is 0 Å². The highest BCUT2D eigenvalue weighted by molar-refractivity contribution is 7.47. The molecule has 0 heterocycles. The van der Waals surface area contributed by atoms with Gasteiger partial charge in [0.25, 0.3) is 0 Å². The predicted octanol–water partition coefficient (Wildman–Crippen LogP) is 12.8. The molecule has 2 atom stereocenters. The van der Waals surface area contributed by atoms with Crippen molar-refractivity contribution < 1.29 is 37.3 Å². The van der Waals surface area contributed by atoms with Crippen LogP contribution >= 0.6 is 7.82 Å². The quantitative estimate of drug-likeness (QED) is 0.0218. The molecule has 0 aromatic carbocycles. The third kappa shape index (κ3) is 41.6. The monoisotopic (exact) mass is 783 g/mol. The molecule has 316 valence electrons. The smallest absolute Gasteiger partial charge is 0.457 e. The molecule has 0 rings (SSSR count). The summed E-state index contributed by atoms with van der Waals surface area (Å²) in [4.78, 5) is 22.8. The number of ether oxygens (including phenoxy) is 2. The number of carbonyl (C=O) groups is 1. The van der Waals surface area contributed by atoms with E-state index in [1.54, 1.807) is 0 Å². The van der Waals surface area contributed by atoms with Gasteiger partial charge in [0.05, 0.1) is 34.4 Å². The number of nitrogens with zero attached hydrogens (tertiary/aromatic N) is 1. The first-order chi connectivity index (χ1) is 26.1. The van der Waals surface area contributed by atoms with Crippen molar-refractivity contribution in [3.63, 3.8) is 0 Å². The Labute approximate surface area is 333 Å². The second kappa shape index (κ2) is 38.3. The van der Waals surface area contributed by atoms with E-state index in [0.717, 1.165) is 57.8 Å². The van der Waals surface area contributed by atoms with E-state index >= 15 is 0 Å². The number of carbonyl (C=O) groups excluding carboxylic acids is 1. The highest BCUT2D eigenvalue weighted by Crippen LogP contribution is 2.43. The van der Waals surface area contributed by atoms with Crippen LogP contribution in [0.2, 0.25) is 0 Å². The predicted molar refractivity (Wildman–Crippen MR) is 229 cm³/mol. The average Bonchev–Trinajstić information content (AvgIpc) is 3.12. The number of phosphoric acid groups is 1. The zero-order valence-electron chi connectivity index (χ0n) is 35.7. The van der Waals surface area contributed by atoms with Gasteiger partial charge >= 0.3 is 13.8 Å². The van der Waals surface area contributed by atoms with E-state index < -0.39 is 13.9 Å². The fraction of sp³-hybridized carbons (Fsp3) is 0.800. The highest BCUT2D eigenvalue weighted by Gasteiger charge is 2.26. The molecule has 0 aromatic rings. The maximum atomic E-state index is 12.6. The van der Waals surface area contributed by atoms with Gasteiger partial charge in [0.1, 0.15) is 19.3 Å². The largest absolute Gasteiger partial charge is 0.472 e. The van der Waals surface area contributed by atoms with Crippen LogP contribution in [0.15, 0.2) is 48.6 Å². The van der Waals surface area contributed by atoms with Gasteiger partial charge in [-0.05, 0) is 51.4 Å². The minimum atomic E-state index is -4.27. The van der Waals surface area contributed by atoms with Crippen LogP contribution in [0.1, 0.15) is 174 Å². The van der Waals surface area contributed by atoms with E-state index in [4.69, 9.17) is 18.5 Å². The average molecular weight is 783 g/mol. The van der Waals surface area contributed by atoms with Crippen LogP contribution in [0.3, 0.4) is 0 Å². The van der Waals surface area contributed by atoms with Crippen LogP contribution in [0.5, 0.6) is 0 Å². The minimum Gasteiger partial charge on any atom is -0.457 e. The molecule has 8 nitrogen and oxygen atoms in total. The topological polar surface area (TPSA) is 91.3 Å². The van der Waals surface area contributed by atoms with Crippen LogP contribution in [0.25, 0.3) is 0 Å². The number of esters is 1. The van der Waals surface area contributed by atoms with Gasteiger partial charge in [0.15, 0.2) is 0 Å². The van der Waals surface area contributed by atoms with E-state index in [0.29, 0.717) is 24.1 Å². The number of hydrogen-bond donors (Lipinski definition) is 1. The molecule has 0 fully saturated rings. The molecule has 54 heavy (non-hydrogen) atoms. The van der Waals surface area contributed by atoms with E-state index in [-0.39, 0.29) is 25.8 Å². The first-order valence-electron chi connectivity index (χ1n) is 21.9. The minimum absolute atomic E-state index is 0.0870. The lowest BCUT2D eigenvalue weighted by atomic mass is 10.1. The molecule has 0 saturated carbocycles. The molecule has 0 bridgehead atoms. The number of phosphoric ester groups is 1. The van der Waals surface area contributed by atoms with Gasteiger partial charge in [-0.15, -0.1) is 0 Å². The van der Waals surface area contributed by atoms with Crippen molar-refractivity contribution in [3.05, 3.63) is 48.6 Å². The molecule has 0 aliphatic carbocycles. The highest BCUT2D eigenvalue weighted by atomic mass is 31.2. The summed E-state index contributed by atoms with van der Waals surface area (Å²) in [5, 5.41) is 0. The summed E-state index contributed by atoms with van der Waals surface area (Å²) in [6.45, 7) is 5.48. The zero-order chi connectivity index (χ0) is 39.9. The zero-order valence-corrected chi connectivity index (χ0v) is 36.6. The summed E-state index contributed by atoms with van der Waals surface area (Å²) in [6.07, 6.45) is 45.7. The molecular formula is C45H85NO7P+. The summed E-state index contributed by atoms with van der Waals surface area (Å²) in [6, 6.07) is 0. The lowest BCUT2D eigenvalue weighted by molar-refractivity contribution is -0.870. The van der Waals surface area contributed by atoms with Crippen molar-refractivity contribution in [1.82, 2.24) is 0 Å². The normalized spacial score (nSPS) is 14.3. The second-order valence-electron chi connectivity index (χ2n) is 15.7. The fourth-order valence-corrected chi connectivity index (χ4v) is 6.52. The van der Waals surface area contributed by atoms with Crippen LogP contribution in [0, 0.1) is 0 Å². The molecule has 9 heteroatoms. The fourth-order valence-electron chi connectivity index (χ4n) is 5.78. The van der Waals surface area contributed by atoms with Gasteiger partial charge < -0.3 is 18.9 Å². The Kier molecular flexibility index (Phi) is 37.2. The Morgan fingerprint density at radius 2 is 1.07 bits per heavy atom. The van der Waals surface area contributed by atoms with E-state index in [1.165, 1.54) is 96.3 Å². The standard InChI is InChI=1S/C45H84NO7P/c1-6-8-10-12-14-16-18-19-20-21-22-23-24-25-26-27-28-29-31-33-35-37-40-50-42-44(43-52-54(48,49)51-41-39-46(3,4)5)53-45(47)38-36-34-32-30-17-15-13-11-9-7-2/h8,10,14,16,19-20,22-23,44H,6-7,9,11-13,15,17-18,21,24-43H2,1-5H3/p+1/b10-8-,16-14-,20-19-,23-22-. The number of hydrogen-bond acceptors (Lipinski definition) is 6. The Hall–Kier alpha value is -1.54. The van der Waals surface area contributed by atoms with Gasteiger partial charge in [-0.1, -0.05) is 165 Å². The number of rotatable bonds is 40. The molecule has 0 amide bonds. The third-order valence-corrected chi connectivity index (χ3v) is 10.1. The maximum Gasteiger partial charge on any atom is 0.472 e. The molecule has 0 saturated heterocycles. The molecule has 1 N–H and O–H groups in total. The molecule has 0 aliphatic heterocycles. The van der Waals surface area contributed by atoms with Crippen LogP contribution in [-0.4, -0.2) is 75.6 Å². The molecule has 0 aromatic heterocycles. The molecule has 0 spiro atoms. The number of likely N-dealkylation sites (N-methyl/N-ethyl adjacent to an activating group) is 1. The van der Waals surface area contributed by atoms with E-state index in [2.05, 4.69) is 62.5 Å². The first-order valence-corrected chi connectivity index (χ1v) is 23.4. The Balaban J connectivity index is 4.15. The number of unbranched alkanes of at least 4 members (excludes halogenated alkanes) is 18. The maximum absolute atomic E-state index is 12.6. The molecule has 2 unspecified atom stereocenters. The van der Waals surface area contributed by atoms with Crippen molar-refractivity contribution >= 4 is 13.8 Å². The van der Waals surface area contributed by atoms with E-state index in [1.807, 2.05) is 21.1 Å². The first kappa shape index (κ1) is 52.5. The van der Waals surface area contributed by atoms with Gasteiger partial charge in [-0.25, -0.2) is 4.57 Å². The van der Waals surface area contributed by atoms with E-state index in [9.17, 15) is 14.3 Å². The molecule has 0 radical (unpaired) electrons. The third-order valence-electron chi connectivity index (χ3n) is 9.15. The van der Waals surface area contributed by atoms with Crippen molar-refractivity contribution in [2.45, 2.75) is 180 Å². The van der Waals surface area contributed by atoms with Gasteiger partial charge in [0, 0.05) is 13.0 Å². The van der Waals surface area contributed by atoms with Crippen molar-refractivity contribution in [1.29, 1.82) is 0 Å². The van der Waals surface area contributed by atoms with Gasteiger partial charge in [0.2, 0.25) is 0 Å². The summed E-state index contributed by atoms with van der Waals surface area (Å²) < 4.78 is 34.9. The van der Waals surface area contributed by atoms with Crippen molar-refractivity contribution in [2.75, 3.05) is 54.1 Å². The number of allylic oxidation sites excluding steroid dienone is 8. The Bertz CT molecular complexity index is 1000. The number of quaternary nitrogens is 1. The lowest BCUT2D eigenvalue weighted by Gasteiger charge is -2.24.